The maximum atomic E-state index is 11.9. The SMILES string of the molecule is CCOC(=O)c1ccc2c(c1)nc(SCc1c(C)noc1C)n2CC. The Hall–Kier alpha value is -2.28. The maximum Gasteiger partial charge on any atom is 0.338 e. The lowest BCUT2D eigenvalue weighted by atomic mass is 10.2. The van der Waals surface area contributed by atoms with Crippen LogP contribution in [0.15, 0.2) is 27.9 Å². The molecule has 0 radical (unpaired) electrons. The van der Waals surface area contributed by atoms with Gasteiger partial charge in [-0.25, -0.2) is 9.78 Å². The van der Waals surface area contributed by atoms with Crippen molar-refractivity contribution in [1.82, 2.24) is 14.7 Å². The molecule has 0 saturated carbocycles. The van der Waals surface area contributed by atoms with Gasteiger partial charge in [0.2, 0.25) is 0 Å². The summed E-state index contributed by atoms with van der Waals surface area (Å²) in [5.74, 6) is 1.27. The smallest absolute Gasteiger partial charge is 0.338 e. The van der Waals surface area contributed by atoms with Gasteiger partial charge in [-0.3, -0.25) is 0 Å². The van der Waals surface area contributed by atoms with Crippen LogP contribution in [0.25, 0.3) is 11.0 Å². The molecule has 7 heteroatoms. The monoisotopic (exact) mass is 359 g/mol. The first kappa shape index (κ1) is 17.5. The molecule has 6 nitrogen and oxygen atoms in total. The largest absolute Gasteiger partial charge is 0.462 e. The number of aryl methyl sites for hydroxylation is 3. The second-order valence-electron chi connectivity index (χ2n) is 5.65. The number of benzene rings is 1. The minimum atomic E-state index is -0.319. The molecule has 0 atom stereocenters. The average Bonchev–Trinajstić information content (AvgIpc) is 3.12. The van der Waals surface area contributed by atoms with Crippen LogP contribution in [0, 0.1) is 13.8 Å². The summed E-state index contributed by atoms with van der Waals surface area (Å²) in [7, 11) is 0. The van der Waals surface area contributed by atoms with Crippen molar-refractivity contribution in [3.63, 3.8) is 0 Å². The van der Waals surface area contributed by atoms with E-state index in [1.165, 1.54) is 0 Å². The fourth-order valence-electron chi connectivity index (χ4n) is 2.71. The molecule has 0 N–H and O–H groups in total. The van der Waals surface area contributed by atoms with E-state index in [2.05, 4.69) is 16.6 Å². The van der Waals surface area contributed by atoms with Crippen LogP contribution < -0.4 is 0 Å². The van der Waals surface area contributed by atoms with Gasteiger partial charge in [0.15, 0.2) is 5.16 Å². The number of thioether (sulfide) groups is 1. The Bertz CT molecular complexity index is 894. The molecule has 0 amide bonds. The number of nitrogens with zero attached hydrogens (tertiary/aromatic N) is 3. The molecular weight excluding hydrogens is 338 g/mol. The number of fused-ring (bicyclic) bond motifs is 1. The molecule has 0 unspecified atom stereocenters. The first-order chi connectivity index (χ1) is 12.0. The Morgan fingerprint density at radius 2 is 2.12 bits per heavy atom. The van der Waals surface area contributed by atoms with E-state index in [0.29, 0.717) is 12.2 Å². The normalized spacial score (nSPS) is 11.2. The van der Waals surface area contributed by atoms with Crippen LogP contribution in [0.4, 0.5) is 0 Å². The van der Waals surface area contributed by atoms with E-state index in [9.17, 15) is 4.79 Å². The lowest BCUT2D eigenvalue weighted by Crippen LogP contribution is -2.04. The average molecular weight is 359 g/mol. The van der Waals surface area contributed by atoms with Crippen molar-refractivity contribution in [2.75, 3.05) is 6.61 Å². The molecule has 3 aromatic rings. The zero-order valence-corrected chi connectivity index (χ0v) is 15.6. The van der Waals surface area contributed by atoms with Gasteiger partial charge in [-0.05, 0) is 45.9 Å². The van der Waals surface area contributed by atoms with E-state index in [1.54, 1.807) is 30.8 Å². The molecular formula is C18H21N3O3S. The van der Waals surface area contributed by atoms with Crippen LogP contribution in [-0.2, 0) is 17.0 Å². The first-order valence-corrected chi connectivity index (χ1v) is 9.25. The fourth-order valence-corrected chi connectivity index (χ4v) is 3.94. The van der Waals surface area contributed by atoms with Gasteiger partial charge in [0.05, 0.1) is 28.9 Å². The number of carbonyl (C=O) groups is 1. The molecule has 0 bridgehead atoms. The minimum absolute atomic E-state index is 0.319. The van der Waals surface area contributed by atoms with Gasteiger partial charge in [0.1, 0.15) is 5.76 Å². The highest BCUT2D eigenvalue weighted by molar-refractivity contribution is 7.98. The third kappa shape index (κ3) is 3.42. The minimum Gasteiger partial charge on any atom is -0.462 e. The van der Waals surface area contributed by atoms with Crippen LogP contribution in [-0.4, -0.2) is 27.3 Å². The van der Waals surface area contributed by atoms with Gasteiger partial charge in [-0.1, -0.05) is 16.9 Å². The number of esters is 1. The third-order valence-corrected chi connectivity index (χ3v) is 5.07. The van der Waals surface area contributed by atoms with Crippen LogP contribution >= 0.6 is 11.8 Å². The molecule has 0 spiro atoms. The topological polar surface area (TPSA) is 70.2 Å². The first-order valence-electron chi connectivity index (χ1n) is 8.27. The van der Waals surface area contributed by atoms with Gasteiger partial charge < -0.3 is 13.8 Å². The summed E-state index contributed by atoms with van der Waals surface area (Å²) >= 11 is 1.64. The molecule has 3 rings (SSSR count). The summed E-state index contributed by atoms with van der Waals surface area (Å²) in [5.41, 5.74) is 4.35. The Kier molecular flexibility index (Phi) is 5.13. The molecule has 0 saturated heterocycles. The molecule has 0 fully saturated rings. The number of imidazole rings is 1. The second-order valence-corrected chi connectivity index (χ2v) is 6.60. The van der Waals surface area contributed by atoms with Crippen molar-refractivity contribution < 1.29 is 14.1 Å². The van der Waals surface area contributed by atoms with Crippen molar-refractivity contribution in [3.8, 4) is 0 Å². The van der Waals surface area contributed by atoms with Crippen molar-refractivity contribution in [1.29, 1.82) is 0 Å². The van der Waals surface area contributed by atoms with Gasteiger partial charge in [-0.2, -0.15) is 0 Å². The Morgan fingerprint density at radius 1 is 1.32 bits per heavy atom. The summed E-state index contributed by atoms with van der Waals surface area (Å²) in [4.78, 5) is 16.6. The quantitative estimate of drug-likeness (QED) is 0.487. The number of ether oxygens (including phenoxy) is 1. The number of aromatic nitrogens is 3. The molecule has 0 aliphatic carbocycles. The van der Waals surface area contributed by atoms with Crippen molar-refractivity contribution in [3.05, 3.63) is 40.8 Å². The van der Waals surface area contributed by atoms with Crippen LogP contribution in [0.3, 0.4) is 0 Å². The van der Waals surface area contributed by atoms with Crippen molar-refractivity contribution in [2.24, 2.45) is 0 Å². The lowest BCUT2D eigenvalue weighted by Gasteiger charge is -2.06. The van der Waals surface area contributed by atoms with E-state index in [1.807, 2.05) is 19.9 Å². The molecule has 132 valence electrons. The van der Waals surface area contributed by atoms with E-state index in [0.717, 1.165) is 45.5 Å². The van der Waals surface area contributed by atoms with E-state index in [-0.39, 0.29) is 5.97 Å². The highest BCUT2D eigenvalue weighted by Gasteiger charge is 2.16. The van der Waals surface area contributed by atoms with Crippen LogP contribution in [0.1, 0.15) is 41.2 Å². The maximum absolute atomic E-state index is 11.9. The molecule has 0 aliphatic rings. The zero-order chi connectivity index (χ0) is 18.0. The summed E-state index contributed by atoms with van der Waals surface area (Å²) in [6.45, 7) is 8.91. The molecule has 2 aromatic heterocycles. The van der Waals surface area contributed by atoms with Gasteiger partial charge >= 0.3 is 5.97 Å². The fraction of sp³-hybridized carbons (Fsp3) is 0.389. The van der Waals surface area contributed by atoms with E-state index in [4.69, 9.17) is 14.2 Å². The predicted octanol–water partition coefficient (Wildman–Crippen LogP) is 4.13. The van der Waals surface area contributed by atoms with E-state index >= 15 is 0 Å². The van der Waals surface area contributed by atoms with Crippen molar-refractivity contribution >= 4 is 28.8 Å². The van der Waals surface area contributed by atoms with Gasteiger partial charge in [0, 0.05) is 17.9 Å². The summed E-state index contributed by atoms with van der Waals surface area (Å²) in [6, 6.07) is 5.51. The highest BCUT2D eigenvalue weighted by Crippen LogP contribution is 2.29. The Morgan fingerprint density at radius 3 is 2.76 bits per heavy atom. The predicted molar refractivity (Wildman–Crippen MR) is 96.9 cm³/mol. The third-order valence-electron chi connectivity index (χ3n) is 4.07. The highest BCUT2D eigenvalue weighted by atomic mass is 32.2. The van der Waals surface area contributed by atoms with Crippen LogP contribution in [0.5, 0.6) is 0 Å². The van der Waals surface area contributed by atoms with Gasteiger partial charge in [-0.15, -0.1) is 0 Å². The zero-order valence-electron chi connectivity index (χ0n) is 14.8. The van der Waals surface area contributed by atoms with E-state index < -0.39 is 0 Å². The van der Waals surface area contributed by atoms with Gasteiger partial charge in [0.25, 0.3) is 0 Å². The molecule has 0 aliphatic heterocycles. The molecule has 2 heterocycles. The number of carbonyl (C=O) groups excluding carboxylic acids is 1. The molecule has 25 heavy (non-hydrogen) atoms. The standard InChI is InChI=1S/C18H21N3O3S/c1-5-21-16-8-7-13(17(22)23-6-2)9-15(16)19-18(21)25-10-14-11(3)20-24-12(14)4/h7-9H,5-6,10H2,1-4H3. The Labute approximate surface area is 150 Å². The summed E-state index contributed by atoms with van der Waals surface area (Å²) < 4.78 is 12.4. The second kappa shape index (κ2) is 7.31. The van der Waals surface area contributed by atoms with Crippen LogP contribution in [0.2, 0.25) is 0 Å². The summed E-state index contributed by atoms with van der Waals surface area (Å²) in [6.07, 6.45) is 0. The number of hydrogen-bond donors (Lipinski definition) is 0. The Balaban J connectivity index is 1.91. The summed E-state index contributed by atoms with van der Waals surface area (Å²) in [5, 5.41) is 4.91. The number of rotatable bonds is 6. The molecule has 1 aromatic carbocycles. The van der Waals surface area contributed by atoms with Crippen molar-refractivity contribution in [2.45, 2.75) is 45.1 Å². The lowest BCUT2D eigenvalue weighted by molar-refractivity contribution is 0.0526. The number of hydrogen-bond acceptors (Lipinski definition) is 6.